The molecule has 158 valence electrons. The second-order valence-electron chi connectivity index (χ2n) is 8.70. The van der Waals surface area contributed by atoms with Gasteiger partial charge in [0.25, 0.3) is 5.91 Å². The Labute approximate surface area is 176 Å². The number of anilines is 1. The van der Waals surface area contributed by atoms with E-state index in [1.54, 1.807) is 12.1 Å². The van der Waals surface area contributed by atoms with Gasteiger partial charge >= 0.3 is 5.97 Å². The minimum absolute atomic E-state index is 0.0350. The average Bonchev–Trinajstić information content (AvgIpc) is 3.00. The lowest BCUT2D eigenvalue weighted by atomic mass is 9.87. The molecule has 1 fully saturated rings. The van der Waals surface area contributed by atoms with Crippen molar-refractivity contribution < 1.29 is 23.2 Å². The summed E-state index contributed by atoms with van der Waals surface area (Å²) >= 11 is 0. The van der Waals surface area contributed by atoms with Crippen LogP contribution in [-0.2, 0) is 9.53 Å². The van der Waals surface area contributed by atoms with Gasteiger partial charge in [-0.05, 0) is 49.7 Å². The molecule has 0 radical (unpaired) electrons. The number of hydrogen-bond acceptors (Lipinski definition) is 3. The van der Waals surface area contributed by atoms with E-state index in [0.717, 1.165) is 36.3 Å². The van der Waals surface area contributed by atoms with Crippen molar-refractivity contribution in [2.75, 3.05) is 38.2 Å². The molecule has 1 amide bonds. The molecule has 0 aromatic heterocycles. The zero-order chi connectivity index (χ0) is 21.5. The summed E-state index contributed by atoms with van der Waals surface area (Å²) in [5.74, 6) is -0.488. The number of likely N-dealkylation sites (tertiary alicyclic amines) is 1. The minimum Gasteiger partial charge on any atom is -0.462 e. The predicted octanol–water partition coefficient (Wildman–Crippen LogP) is 3.66. The molecule has 6 heteroatoms. The number of fused-ring (bicyclic) bond motifs is 3. The summed E-state index contributed by atoms with van der Waals surface area (Å²) in [6.45, 7) is 6.15. The highest BCUT2D eigenvalue weighted by atomic mass is 19.1. The lowest BCUT2D eigenvalue weighted by Crippen LogP contribution is -2.58. The first-order valence-corrected chi connectivity index (χ1v) is 10.5. The SMILES string of the molecule is CCOC(=O)C[N+]1(C)CC[C@@H]2[C@@H](C1)c1cc(C)ccc1N2C(=O)c1ccc(F)cc1. The van der Waals surface area contributed by atoms with Crippen molar-refractivity contribution in [3.05, 3.63) is 65.0 Å². The van der Waals surface area contributed by atoms with Crippen molar-refractivity contribution in [2.24, 2.45) is 0 Å². The number of carbonyl (C=O) groups excluding carboxylic acids is 2. The highest BCUT2D eigenvalue weighted by Crippen LogP contribution is 2.46. The number of carbonyl (C=O) groups is 2. The van der Waals surface area contributed by atoms with Gasteiger partial charge in [0.2, 0.25) is 0 Å². The van der Waals surface area contributed by atoms with Crippen LogP contribution in [0.4, 0.5) is 10.1 Å². The van der Waals surface area contributed by atoms with Gasteiger partial charge in [-0.2, -0.15) is 0 Å². The zero-order valence-electron chi connectivity index (χ0n) is 17.7. The van der Waals surface area contributed by atoms with Crippen molar-refractivity contribution in [1.82, 2.24) is 0 Å². The van der Waals surface area contributed by atoms with E-state index in [4.69, 9.17) is 4.74 Å². The zero-order valence-corrected chi connectivity index (χ0v) is 17.7. The molecule has 1 saturated heterocycles. The Morgan fingerprint density at radius 2 is 1.93 bits per heavy atom. The van der Waals surface area contributed by atoms with E-state index in [1.807, 2.05) is 24.0 Å². The monoisotopic (exact) mass is 411 g/mol. The Bertz CT molecular complexity index is 975. The largest absolute Gasteiger partial charge is 0.462 e. The van der Waals surface area contributed by atoms with E-state index in [9.17, 15) is 14.0 Å². The highest BCUT2D eigenvalue weighted by Gasteiger charge is 2.49. The van der Waals surface area contributed by atoms with Gasteiger partial charge in [0, 0.05) is 17.7 Å². The molecule has 4 rings (SSSR count). The molecule has 2 aromatic rings. The Morgan fingerprint density at radius 1 is 1.20 bits per heavy atom. The van der Waals surface area contributed by atoms with Crippen LogP contribution in [0.1, 0.15) is 40.7 Å². The first-order valence-electron chi connectivity index (χ1n) is 10.5. The van der Waals surface area contributed by atoms with Crippen LogP contribution in [0.5, 0.6) is 0 Å². The van der Waals surface area contributed by atoms with Crippen molar-refractivity contribution in [3.8, 4) is 0 Å². The van der Waals surface area contributed by atoms with E-state index in [-0.39, 0.29) is 29.7 Å². The minimum atomic E-state index is -0.355. The summed E-state index contributed by atoms with van der Waals surface area (Å²) in [6, 6.07) is 12.0. The van der Waals surface area contributed by atoms with Crippen molar-refractivity contribution in [2.45, 2.75) is 32.2 Å². The maximum atomic E-state index is 13.4. The van der Waals surface area contributed by atoms with Gasteiger partial charge in [-0.25, -0.2) is 9.18 Å². The molecule has 0 aliphatic carbocycles. The molecule has 30 heavy (non-hydrogen) atoms. The van der Waals surface area contributed by atoms with Crippen LogP contribution in [-0.4, -0.2) is 55.7 Å². The second-order valence-corrected chi connectivity index (χ2v) is 8.70. The summed E-state index contributed by atoms with van der Waals surface area (Å²) in [7, 11) is 2.09. The maximum absolute atomic E-state index is 13.4. The smallest absolute Gasteiger partial charge is 0.361 e. The number of nitrogens with zero attached hydrogens (tertiary/aromatic N) is 2. The van der Waals surface area contributed by atoms with Gasteiger partial charge < -0.3 is 14.1 Å². The summed E-state index contributed by atoms with van der Waals surface area (Å²) in [4.78, 5) is 27.5. The highest BCUT2D eigenvalue weighted by molar-refractivity contribution is 6.08. The fourth-order valence-corrected chi connectivity index (χ4v) is 4.97. The predicted molar refractivity (Wildman–Crippen MR) is 113 cm³/mol. The number of rotatable bonds is 4. The summed E-state index contributed by atoms with van der Waals surface area (Å²) < 4.78 is 19.1. The van der Waals surface area contributed by atoms with Gasteiger partial charge in [0.05, 0.1) is 38.7 Å². The number of piperidine rings is 1. The molecule has 2 aliphatic rings. The molecule has 2 aromatic carbocycles. The standard InChI is InChI=1S/C24H28FN2O3/c1-4-30-23(28)15-27(3)12-11-22-20(14-27)19-13-16(2)5-10-21(19)26(22)24(29)17-6-8-18(25)9-7-17/h5-10,13,20,22H,4,11-12,14-15H2,1-3H3/q+1/t20-,22+,27?/m0/s1. The first-order chi connectivity index (χ1) is 14.3. The number of quaternary nitrogens is 1. The molecule has 2 heterocycles. The lowest BCUT2D eigenvalue weighted by molar-refractivity contribution is -0.908. The number of ether oxygens (including phenoxy) is 1. The lowest BCUT2D eigenvalue weighted by Gasteiger charge is -2.43. The number of amides is 1. The van der Waals surface area contributed by atoms with Crippen LogP contribution in [0, 0.1) is 12.7 Å². The molecular weight excluding hydrogens is 383 g/mol. The fourth-order valence-electron chi connectivity index (χ4n) is 4.97. The maximum Gasteiger partial charge on any atom is 0.361 e. The summed E-state index contributed by atoms with van der Waals surface area (Å²) in [6.07, 6.45) is 0.793. The second kappa shape index (κ2) is 7.84. The molecule has 5 nitrogen and oxygen atoms in total. The van der Waals surface area contributed by atoms with Gasteiger partial charge in [0.1, 0.15) is 5.82 Å². The molecule has 3 atom stereocenters. The van der Waals surface area contributed by atoms with E-state index in [2.05, 4.69) is 20.0 Å². The van der Waals surface area contributed by atoms with Crippen LogP contribution in [0.15, 0.2) is 42.5 Å². The molecule has 0 N–H and O–H groups in total. The normalized spacial score (nSPS) is 24.9. The van der Waals surface area contributed by atoms with Crippen molar-refractivity contribution in [1.29, 1.82) is 0 Å². The average molecular weight is 411 g/mol. The molecule has 2 aliphatic heterocycles. The van der Waals surface area contributed by atoms with Gasteiger partial charge in [-0.15, -0.1) is 0 Å². The third-order valence-corrected chi connectivity index (χ3v) is 6.37. The number of aryl methyl sites for hydroxylation is 1. The molecule has 0 spiro atoms. The van der Waals surface area contributed by atoms with Gasteiger partial charge in [-0.3, -0.25) is 4.79 Å². The molecule has 0 bridgehead atoms. The van der Waals surface area contributed by atoms with Crippen LogP contribution >= 0.6 is 0 Å². The Balaban J connectivity index is 1.67. The number of likely N-dealkylation sites (N-methyl/N-ethyl adjacent to an activating group) is 1. The Morgan fingerprint density at radius 3 is 2.63 bits per heavy atom. The Hall–Kier alpha value is -2.73. The number of halogens is 1. The van der Waals surface area contributed by atoms with E-state index >= 15 is 0 Å². The van der Waals surface area contributed by atoms with Gasteiger partial charge in [-0.1, -0.05) is 17.7 Å². The topological polar surface area (TPSA) is 46.6 Å². The van der Waals surface area contributed by atoms with Crippen molar-refractivity contribution in [3.63, 3.8) is 0 Å². The molecule has 1 unspecified atom stereocenters. The molecule has 0 saturated carbocycles. The first kappa shape index (κ1) is 20.5. The number of benzene rings is 2. The Kier molecular flexibility index (Phi) is 5.36. The van der Waals surface area contributed by atoms with Crippen LogP contribution in [0.25, 0.3) is 0 Å². The number of esters is 1. The van der Waals surface area contributed by atoms with E-state index in [1.165, 1.54) is 12.1 Å². The number of hydrogen-bond donors (Lipinski definition) is 0. The van der Waals surface area contributed by atoms with Gasteiger partial charge in [0.15, 0.2) is 6.54 Å². The van der Waals surface area contributed by atoms with E-state index in [0.29, 0.717) is 23.2 Å². The van der Waals surface area contributed by atoms with Crippen LogP contribution in [0.3, 0.4) is 0 Å². The summed E-state index contributed by atoms with van der Waals surface area (Å²) in [5, 5.41) is 0. The molecular formula is C24H28FN2O3+. The third-order valence-electron chi connectivity index (χ3n) is 6.37. The quantitative estimate of drug-likeness (QED) is 0.570. The van der Waals surface area contributed by atoms with Crippen molar-refractivity contribution >= 4 is 17.6 Å². The van der Waals surface area contributed by atoms with Crippen LogP contribution in [0.2, 0.25) is 0 Å². The van der Waals surface area contributed by atoms with E-state index < -0.39 is 0 Å². The summed E-state index contributed by atoms with van der Waals surface area (Å²) in [5.41, 5.74) is 3.71. The van der Waals surface area contributed by atoms with Crippen LogP contribution < -0.4 is 4.90 Å². The fraction of sp³-hybridized carbons (Fsp3) is 0.417. The third kappa shape index (κ3) is 3.72.